The van der Waals surface area contributed by atoms with Crippen molar-refractivity contribution < 1.29 is 32.6 Å². The number of likely N-dealkylation sites (tertiary alicyclic amines) is 1. The molecule has 0 saturated carbocycles. The number of hydrogen-bond acceptors (Lipinski definition) is 4. The van der Waals surface area contributed by atoms with Gasteiger partial charge in [-0.15, -0.1) is 0 Å². The molecule has 1 aliphatic rings. The first-order chi connectivity index (χ1) is 11.2. The predicted molar refractivity (Wildman–Crippen MR) is 76.3 cm³/mol. The molecule has 1 aromatic carbocycles. The molecule has 4 N–H and O–H groups in total. The Kier molecular flexibility index (Phi) is 5.17. The molecule has 0 aromatic heterocycles. The van der Waals surface area contributed by atoms with Gasteiger partial charge in [0.2, 0.25) is 0 Å². The Morgan fingerprint density at radius 3 is 2.42 bits per heavy atom. The first-order valence-corrected chi connectivity index (χ1v) is 7.09. The molecule has 24 heavy (non-hydrogen) atoms. The number of nitrogen functional groups attached to an aromatic ring is 1. The normalized spacial score (nSPS) is 15.9. The molecule has 2 rings (SSSR count). The monoisotopic (exact) mass is 347 g/mol. The maximum atomic E-state index is 12.9. The maximum Gasteiger partial charge on any atom is 0.417 e. The molecule has 0 unspecified atom stereocenters. The van der Waals surface area contributed by atoms with E-state index in [-0.39, 0.29) is 24.9 Å². The number of hydrazine groups is 1. The molecule has 2 amide bonds. The summed E-state index contributed by atoms with van der Waals surface area (Å²) >= 11 is 0. The molecular formula is C14H16F3N3O4. The van der Waals surface area contributed by atoms with Crippen LogP contribution in [0.15, 0.2) is 18.2 Å². The van der Waals surface area contributed by atoms with Crippen LogP contribution in [-0.4, -0.2) is 41.2 Å². The Morgan fingerprint density at radius 1 is 1.29 bits per heavy atom. The zero-order chi connectivity index (χ0) is 17.9. The van der Waals surface area contributed by atoms with E-state index in [1.807, 2.05) is 0 Å². The Balaban J connectivity index is 2.15. The molecule has 0 radical (unpaired) electrons. The molecule has 0 aliphatic carbocycles. The standard InChI is InChI=1S/C14H16F3N3O4/c15-14(16,17)11-2-1-9(7-10(11)12(21)19-18)24-8-3-5-20(6-4-8)13(22)23/h1-2,7-8H,3-6,18H2,(H,19,21)(H,22,23). The number of rotatable bonds is 3. The summed E-state index contributed by atoms with van der Waals surface area (Å²) in [5, 5.41) is 8.87. The molecule has 0 atom stereocenters. The van der Waals surface area contributed by atoms with Crippen LogP contribution in [0.1, 0.15) is 28.8 Å². The number of nitrogens with one attached hydrogen (secondary N) is 1. The number of piperidine rings is 1. The van der Waals surface area contributed by atoms with Gasteiger partial charge in [-0.2, -0.15) is 13.2 Å². The predicted octanol–water partition coefficient (Wildman–Crippen LogP) is 1.83. The van der Waals surface area contributed by atoms with E-state index in [1.54, 1.807) is 5.43 Å². The molecule has 0 spiro atoms. The van der Waals surface area contributed by atoms with Gasteiger partial charge in [-0.1, -0.05) is 0 Å². The van der Waals surface area contributed by atoms with Gasteiger partial charge in [0.15, 0.2) is 0 Å². The fraction of sp³-hybridized carbons (Fsp3) is 0.429. The smallest absolute Gasteiger partial charge is 0.417 e. The van der Waals surface area contributed by atoms with E-state index in [4.69, 9.17) is 15.7 Å². The summed E-state index contributed by atoms with van der Waals surface area (Å²) in [6.45, 7) is 0.549. The molecule has 10 heteroatoms. The van der Waals surface area contributed by atoms with Crippen LogP contribution >= 0.6 is 0 Å². The van der Waals surface area contributed by atoms with E-state index in [9.17, 15) is 22.8 Å². The van der Waals surface area contributed by atoms with Crippen molar-refractivity contribution in [1.82, 2.24) is 10.3 Å². The highest BCUT2D eigenvalue weighted by atomic mass is 19.4. The van der Waals surface area contributed by atoms with Gasteiger partial charge in [-0.05, 0) is 18.2 Å². The lowest BCUT2D eigenvalue weighted by molar-refractivity contribution is -0.137. The van der Waals surface area contributed by atoms with Gasteiger partial charge >= 0.3 is 12.3 Å². The molecule has 1 heterocycles. The van der Waals surface area contributed by atoms with Gasteiger partial charge in [0.25, 0.3) is 5.91 Å². The minimum Gasteiger partial charge on any atom is -0.490 e. The molecule has 1 aromatic rings. The van der Waals surface area contributed by atoms with Crippen molar-refractivity contribution in [3.63, 3.8) is 0 Å². The minimum atomic E-state index is -4.70. The second-order valence-electron chi connectivity index (χ2n) is 5.27. The summed E-state index contributed by atoms with van der Waals surface area (Å²) in [4.78, 5) is 23.6. The molecular weight excluding hydrogens is 331 g/mol. The fourth-order valence-corrected chi connectivity index (χ4v) is 2.47. The van der Waals surface area contributed by atoms with Gasteiger partial charge in [0, 0.05) is 25.9 Å². The topological polar surface area (TPSA) is 105 Å². The molecule has 0 bridgehead atoms. The number of benzene rings is 1. The van der Waals surface area contributed by atoms with Crippen LogP contribution in [0.5, 0.6) is 5.75 Å². The Hall–Kier alpha value is -2.49. The largest absolute Gasteiger partial charge is 0.490 e. The molecule has 1 aliphatic heterocycles. The summed E-state index contributed by atoms with van der Waals surface area (Å²) in [5.41, 5.74) is -0.0699. The second kappa shape index (κ2) is 6.95. The molecule has 1 fully saturated rings. The summed E-state index contributed by atoms with van der Waals surface area (Å²) < 4.78 is 44.4. The molecule has 1 saturated heterocycles. The summed E-state index contributed by atoms with van der Waals surface area (Å²) in [6.07, 6.45) is -5.25. The number of alkyl halides is 3. The summed E-state index contributed by atoms with van der Waals surface area (Å²) in [7, 11) is 0. The van der Waals surface area contributed by atoms with Crippen LogP contribution in [-0.2, 0) is 6.18 Å². The lowest BCUT2D eigenvalue weighted by atomic mass is 10.1. The van der Waals surface area contributed by atoms with Crippen molar-refractivity contribution in [3.05, 3.63) is 29.3 Å². The van der Waals surface area contributed by atoms with Crippen molar-refractivity contribution in [2.24, 2.45) is 5.84 Å². The summed E-state index contributed by atoms with van der Waals surface area (Å²) in [6, 6.07) is 2.86. The highest BCUT2D eigenvalue weighted by Gasteiger charge is 2.35. The highest BCUT2D eigenvalue weighted by molar-refractivity contribution is 5.95. The second-order valence-corrected chi connectivity index (χ2v) is 5.27. The van der Waals surface area contributed by atoms with Crippen LogP contribution in [0.4, 0.5) is 18.0 Å². The van der Waals surface area contributed by atoms with Crippen LogP contribution in [0.25, 0.3) is 0 Å². The SMILES string of the molecule is NNC(=O)c1cc(OC2CCN(C(=O)O)CC2)ccc1C(F)(F)F. The number of nitrogens with zero attached hydrogens (tertiary/aromatic N) is 1. The Labute approximate surface area is 135 Å². The first-order valence-electron chi connectivity index (χ1n) is 7.09. The van der Waals surface area contributed by atoms with Crippen molar-refractivity contribution in [2.45, 2.75) is 25.1 Å². The number of ether oxygens (including phenoxy) is 1. The van der Waals surface area contributed by atoms with Gasteiger partial charge < -0.3 is 14.7 Å². The van der Waals surface area contributed by atoms with E-state index < -0.39 is 29.3 Å². The average Bonchev–Trinajstić information content (AvgIpc) is 2.53. The summed E-state index contributed by atoms with van der Waals surface area (Å²) in [5.74, 6) is 3.94. The van der Waals surface area contributed by atoms with E-state index in [0.29, 0.717) is 12.8 Å². The van der Waals surface area contributed by atoms with Crippen molar-refractivity contribution in [3.8, 4) is 5.75 Å². The number of nitrogens with two attached hydrogens (primary N) is 1. The van der Waals surface area contributed by atoms with Gasteiger partial charge in [0.1, 0.15) is 11.9 Å². The minimum absolute atomic E-state index is 0.0929. The Bertz CT molecular complexity index is 628. The fourth-order valence-electron chi connectivity index (χ4n) is 2.47. The molecule has 7 nitrogen and oxygen atoms in total. The van der Waals surface area contributed by atoms with Gasteiger partial charge in [-0.25, -0.2) is 10.6 Å². The van der Waals surface area contributed by atoms with Gasteiger partial charge in [0.05, 0.1) is 11.1 Å². The average molecular weight is 347 g/mol. The third-order valence-corrected chi connectivity index (χ3v) is 3.69. The Morgan fingerprint density at radius 2 is 1.92 bits per heavy atom. The number of carbonyl (C=O) groups excluding carboxylic acids is 1. The van der Waals surface area contributed by atoms with Crippen LogP contribution in [0.3, 0.4) is 0 Å². The lowest BCUT2D eigenvalue weighted by Crippen LogP contribution is -2.41. The molecule has 132 valence electrons. The third kappa shape index (κ3) is 4.07. The van der Waals surface area contributed by atoms with E-state index in [1.165, 1.54) is 4.90 Å². The van der Waals surface area contributed by atoms with Crippen LogP contribution in [0.2, 0.25) is 0 Å². The number of amides is 2. The lowest BCUT2D eigenvalue weighted by Gasteiger charge is -2.30. The van der Waals surface area contributed by atoms with Crippen molar-refractivity contribution >= 4 is 12.0 Å². The number of halogens is 3. The van der Waals surface area contributed by atoms with Crippen LogP contribution < -0.4 is 16.0 Å². The first kappa shape index (κ1) is 17.9. The zero-order valence-corrected chi connectivity index (χ0v) is 12.5. The van der Waals surface area contributed by atoms with Gasteiger partial charge in [-0.3, -0.25) is 10.2 Å². The quantitative estimate of drug-likeness (QED) is 0.440. The number of carbonyl (C=O) groups is 2. The van der Waals surface area contributed by atoms with Crippen LogP contribution in [0, 0.1) is 0 Å². The number of carboxylic acid groups (broad SMARTS) is 1. The van der Waals surface area contributed by atoms with E-state index in [2.05, 4.69) is 0 Å². The highest BCUT2D eigenvalue weighted by Crippen LogP contribution is 2.34. The van der Waals surface area contributed by atoms with E-state index >= 15 is 0 Å². The third-order valence-electron chi connectivity index (χ3n) is 3.69. The number of hydrogen-bond donors (Lipinski definition) is 3. The zero-order valence-electron chi connectivity index (χ0n) is 12.5. The maximum absolute atomic E-state index is 12.9. The van der Waals surface area contributed by atoms with Crippen molar-refractivity contribution in [1.29, 1.82) is 0 Å². The van der Waals surface area contributed by atoms with E-state index in [0.717, 1.165) is 18.2 Å². The van der Waals surface area contributed by atoms with Crippen molar-refractivity contribution in [2.75, 3.05) is 13.1 Å².